The van der Waals surface area contributed by atoms with Crippen molar-refractivity contribution in [1.29, 1.82) is 0 Å². The highest BCUT2D eigenvalue weighted by Crippen LogP contribution is 2.25. The monoisotopic (exact) mass is 212 g/mol. The topological polar surface area (TPSA) is 55.1 Å². The highest BCUT2D eigenvalue weighted by Gasteiger charge is 2.29. The van der Waals surface area contributed by atoms with Crippen molar-refractivity contribution in [2.24, 2.45) is 23.5 Å². The van der Waals surface area contributed by atoms with Gasteiger partial charge in [0.15, 0.2) is 0 Å². The highest BCUT2D eigenvalue weighted by atomic mass is 16.1. The molecule has 88 valence electrons. The number of hydrogen-bond donors (Lipinski definition) is 2. The van der Waals surface area contributed by atoms with E-state index in [1.54, 1.807) is 0 Å². The molecule has 1 rings (SSSR count). The van der Waals surface area contributed by atoms with Crippen LogP contribution in [0, 0.1) is 17.8 Å². The molecule has 0 saturated heterocycles. The molecule has 15 heavy (non-hydrogen) atoms. The summed E-state index contributed by atoms with van der Waals surface area (Å²) in [6.45, 7) is 6.85. The molecule has 3 atom stereocenters. The summed E-state index contributed by atoms with van der Waals surface area (Å²) in [6, 6.07) is 0.323. The average Bonchev–Trinajstić information content (AvgIpc) is 2.63. The molecule has 1 aliphatic carbocycles. The van der Waals surface area contributed by atoms with E-state index in [1.807, 2.05) is 6.92 Å². The van der Waals surface area contributed by atoms with Crippen molar-refractivity contribution < 1.29 is 4.79 Å². The van der Waals surface area contributed by atoms with Crippen LogP contribution in [0.15, 0.2) is 0 Å². The normalized spacial score (nSPS) is 28.1. The molecule has 1 fully saturated rings. The maximum atomic E-state index is 11.9. The smallest absolute Gasteiger partial charge is 0.223 e. The maximum absolute atomic E-state index is 11.9. The van der Waals surface area contributed by atoms with Crippen LogP contribution < -0.4 is 11.1 Å². The van der Waals surface area contributed by atoms with Gasteiger partial charge in [0, 0.05) is 12.0 Å². The van der Waals surface area contributed by atoms with Gasteiger partial charge in [-0.1, -0.05) is 27.2 Å². The fourth-order valence-electron chi connectivity index (χ4n) is 2.13. The van der Waals surface area contributed by atoms with E-state index in [1.165, 1.54) is 6.42 Å². The molecular formula is C12H24N2O. The molecule has 0 radical (unpaired) electrons. The van der Waals surface area contributed by atoms with E-state index in [0.29, 0.717) is 24.4 Å². The molecular weight excluding hydrogens is 188 g/mol. The van der Waals surface area contributed by atoms with Gasteiger partial charge in [0.2, 0.25) is 5.91 Å². The summed E-state index contributed by atoms with van der Waals surface area (Å²) in [5, 5.41) is 3.14. The molecule has 3 unspecified atom stereocenters. The van der Waals surface area contributed by atoms with Gasteiger partial charge in [-0.05, 0) is 31.2 Å². The van der Waals surface area contributed by atoms with E-state index in [-0.39, 0.29) is 11.8 Å². The lowest BCUT2D eigenvalue weighted by atomic mass is 9.96. The van der Waals surface area contributed by atoms with Gasteiger partial charge in [0.1, 0.15) is 0 Å². The van der Waals surface area contributed by atoms with E-state index in [0.717, 1.165) is 12.8 Å². The standard InChI is InChI=1S/C12H24N2O/c1-8(2)9(3)12(15)14-11-6-4-5-10(11)7-13/h8-11H,4-7,13H2,1-3H3,(H,14,15). The van der Waals surface area contributed by atoms with Gasteiger partial charge in [-0.2, -0.15) is 0 Å². The second-order valence-electron chi connectivity index (χ2n) is 5.07. The number of carbonyl (C=O) groups excluding carboxylic acids is 1. The van der Waals surface area contributed by atoms with Crippen molar-refractivity contribution in [3.05, 3.63) is 0 Å². The fraction of sp³-hybridized carbons (Fsp3) is 0.917. The minimum absolute atomic E-state index is 0.101. The average molecular weight is 212 g/mol. The second-order valence-corrected chi connectivity index (χ2v) is 5.07. The number of carbonyl (C=O) groups is 1. The SMILES string of the molecule is CC(C)C(C)C(=O)NC1CCCC1CN. The minimum Gasteiger partial charge on any atom is -0.353 e. The minimum atomic E-state index is 0.101. The van der Waals surface area contributed by atoms with Gasteiger partial charge in [-0.15, -0.1) is 0 Å². The molecule has 0 bridgehead atoms. The third-order valence-electron chi connectivity index (χ3n) is 3.70. The predicted molar refractivity (Wildman–Crippen MR) is 62.3 cm³/mol. The van der Waals surface area contributed by atoms with E-state index in [2.05, 4.69) is 19.2 Å². The van der Waals surface area contributed by atoms with Crippen molar-refractivity contribution in [2.45, 2.75) is 46.1 Å². The van der Waals surface area contributed by atoms with Crippen LogP contribution in [0.4, 0.5) is 0 Å². The Labute approximate surface area is 92.8 Å². The summed E-state index contributed by atoms with van der Waals surface area (Å²) in [5.74, 6) is 1.19. The van der Waals surface area contributed by atoms with Gasteiger partial charge >= 0.3 is 0 Å². The molecule has 0 heterocycles. The molecule has 0 aromatic heterocycles. The van der Waals surface area contributed by atoms with Crippen LogP contribution in [-0.4, -0.2) is 18.5 Å². The van der Waals surface area contributed by atoms with Crippen LogP contribution in [0.3, 0.4) is 0 Å². The van der Waals surface area contributed by atoms with Crippen molar-refractivity contribution in [3.8, 4) is 0 Å². The Morgan fingerprint density at radius 3 is 2.60 bits per heavy atom. The van der Waals surface area contributed by atoms with E-state index in [4.69, 9.17) is 5.73 Å². The Balaban J connectivity index is 2.43. The Bertz CT molecular complexity index is 216. The first kappa shape index (κ1) is 12.5. The van der Waals surface area contributed by atoms with Crippen molar-refractivity contribution in [2.75, 3.05) is 6.54 Å². The summed E-state index contributed by atoms with van der Waals surface area (Å²) >= 11 is 0. The zero-order valence-electron chi connectivity index (χ0n) is 10.1. The lowest BCUT2D eigenvalue weighted by Crippen LogP contribution is -2.43. The first-order valence-electron chi connectivity index (χ1n) is 6.06. The molecule has 1 amide bonds. The fourth-order valence-corrected chi connectivity index (χ4v) is 2.13. The molecule has 0 aliphatic heterocycles. The third-order valence-corrected chi connectivity index (χ3v) is 3.70. The van der Waals surface area contributed by atoms with Crippen LogP contribution in [0.2, 0.25) is 0 Å². The van der Waals surface area contributed by atoms with Gasteiger partial charge < -0.3 is 11.1 Å². The van der Waals surface area contributed by atoms with Gasteiger partial charge in [0.05, 0.1) is 0 Å². The summed E-state index contributed by atoms with van der Waals surface area (Å²) in [5.41, 5.74) is 5.68. The molecule has 1 saturated carbocycles. The molecule has 1 aliphatic rings. The predicted octanol–water partition coefficient (Wildman–Crippen LogP) is 1.52. The zero-order valence-corrected chi connectivity index (χ0v) is 10.1. The van der Waals surface area contributed by atoms with Crippen molar-refractivity contribution in [3.63, 3.8) is 0 Å². The van der Waals surface area contributed by atoms with Crippen LogP contribution >= 0.6 is 0 Å². The van der Waals surface area contributed by atoms with Crippen LogP contribution in [0.25, 0.3) is 0 Å². The molecule has 0 spiro atoms. The summed E-state index contributed by atoms with van der Waals surface area (Å²) in [6.07, 6.45) is 3.46. The Morgan fingerprint density at radius 1 is 1.40 bits per heavy atom. The maximum Gasteiger partial charge on any atom is 0.223 e. The Hall–Kier alpha value is -0.570. The lowest BCUT2D eigenvalue weighted by molar-refractivity contribution is -0.126. The molecule has 0 aromatic rings. The van der Waals surface area contributed by atoms with Gasteiger partial charge in [-0.25, -0.2) is 0 Å². The highest BCUT2D eigenvalue weighted by molar-refractivity contribution is 5.78. The molecule has 3 nitrogen and oxygen atoms in total. The first-order valence-corrected chi connectivity index (χ1v) is 6.06. The number of nitrogens with two attached hydrogens (primary N) is 1. The number of nitrogens with one attached hydrogen (secondary N) is 1. The van der Waals surface area contributed by atoms with Crippen LogP contribution in [-0.2, 0) is 4.79 Å². The zero-order chi connectivity index (χ0) is 11.4. The summed E-state index contributed by atoms with van der Waals surface area (Å²) < 4.78 is 0. The summed E-state index contributed by atoms with van der Waals surface area (Å²) in [7, 11) is 0. The second kappa shape index (κ2) is 5.50. The van der Waals surface area contributed by atoms with Crippen LogP contribution in [0.5, 0.6) is 0 Å². The Kier molecular flexibility index (Phi) is 4.58. The quantitative estimate of drug-likeness (QED) is 0.742. The first-order chi connectivity index (χ1) is 7.06. The van der Waals surface area contributed by atoms with Crippen LogP contribution in [0.1, 0.15) is 40.0 Å². The van der Waals surface area contributed by atoms with E-state index < -0.39 is 0 Å². The van der Waals surface area contributed by atoms with Gasteiger partial charge in [-0.3, -0.25) is 4.79 Å². The summed E-state index contributed by atoms with van der Waals surface area (Å²) in [4.78, 5) is 11.9. The van der Waals surface area contributed by atoms with E-state index in [9.17, 15) is 4.79 Å². The number of rotatable bonds is 4. The lowest BCUT2D eigenvalue weighted by Gasteiger charge is -2.23. The van der Waals surface area contributed by atoms with E-state index >= 15 is 0 Å². The number of amides is 1. The molecule has 3 heteroatoms. The van der Waals surface area contributed by atoms with Gasteiger partial charge in [0.25, 0.3) is 0 Å². The largest absolute Gasteiger partial charge is 0.353 e. The molecule has 0 aromatic carbocycles. The number of hydrogen-bond acceptors (Lipinski definition) is 2. The molecule has 3 N–H and O–H groups in total. The van der Waals surface area contributed by atoms with Crippen molar-refractivity contribution >= 4 is 5.91 Å². The van der Waals surface area contributed by atoms with Crippen molar-refractivity contribution in [1.82, 2.24) is 5.32 Å². The third kappa shape index (κ3) is 3.20. The Morgan fingerprint density at radius 2 is 2.07 bits per heavy atom.